The first kappa shape index (κ1) is 24.4. The molecule has 0 aliphatic carbocycles. The van der Waals surface area contributed by atoms with Gasteiger partial charge in [0.2, 0.25) is 16.1 Å². The molecule has 7 nitrogen and oxygen atoms in total. The first-order chi connectivity index (χ1) is 15.7. The van der Waals surface area contributed by atoms with Crippen LogP contribution in [-0.2, 0) is 26.1 Å². The maximum absolute atomic E-state index is 12.9. The Labute approximate surface area is 198 Å². The van der Waals surface area contributed by atoms with Gasteiger partial charge in [-0.15, -0.1) is 0 Å². The first-order valence-electron chi connectivity index (χ1n) is 9.99. The molecule has 3 aromatic rings. The van der Waals surface area contributed by atoms with Crippen LogP contribution in [0.2, 0.25) is 5.02 Å². The molecule has 0 saturated heterocycles. The summed E-state index contributed by atoms with van der Waals surface area (Å²) in [6.07, 6.45) is -1.18. The van der Waals surface area contributed by atoms with E-state index in [1.165, 1.54) is 17.0 Å². The number of amides is 1. The number of halogens is 1. The molecular weight excluding hydrogens is 464 g/mol. The van der Waals surface area contributed by atoms with Crippen LogP contribution in [-0.4, -0.2) is 39.3 Å². The molecule has 1 unspecified atom stereocenters. The maximum atomic E-state index is 12.9. The van der Waals surface area contributed by atoms with E-state index in [4.69, 9.17) is 16.3 Å². The van der Waals surface area contributed by atoms with Crippen LogP contribution in [0.15, 0.2) is 83.8 Å². The number of carbonyl (C=O) groups excluding carboxylic acids is 2. The minimum atomic E-state index is -4.02. The lowest BCUT2D eigenvalue weighted by Gasteiger charge is -2.21. The summed E-state index contributed by atoms with van der Waals surface area (Å²) in [6.45, 7) is 0.0571. The van der Waals surface area contributed by atoms with Crippen LogP contribution in [0, 0.1) is 0 Å². The van der Waals surface area contributed by atoms with Gasteiger partial charge in [0, 0.05) is 26.2 Å². The highest BCUT2D eigenvalue weighted by atomic mass is 35.5. The lowest BCUT2D eigenvalue weighted by molar-refractivity contribution is -0.138. The van der Waals surface area contributed by atoms with Crippen molar-refractivity contribution < 1.29 is 22.7 Å². The fraction of sp³-hybridized carbons (Fsp3) is 0.167. The van der Waals surface area contributed by atoms with Gasteiger partial charge in [0.25, 0.3) is 5.91 Å². The molecule has 0 bridgehead atoms. The van der Waals surface area contributed by atoms with Crippen molar-refractivity contribution in [2.45, 2.75) is 17.5 Å². The van der Waals surface area contributed by atoms with Gasteiger partial charge in [0.05, 0.1) is 10.6 Å². The zero-order chi connectivity index (χ0) is 24.0. The third kappa shape index (κ3) is 6.19. The number of nitrogens with zero attached hydrogens (tertiary/aromatic N) is 1. The summed E-state index contributed by atoms with van der Waals surface area (Å²) >= 11 is 6.13. The zero-order valence-electron chi connectivity index (χ0n) is 18.1. The second kappa shape index (κ2) is 10.6. The highest BCUT2D eigenvalue weighted by Crippen LogP contribution is 2.26. The number of nitrogens with one attached hydrogen (secondary N) is 1. The molecule has 0 fully saturated rings. The van der Waals surface area contributed by atoms with E-state index in [0.717, 1.165) is 11.6 Å². The molecule has 1 atom stereocenters. The summed E-state index contributed by atoms with van der Waals surface area (Å²) in [6, 6.07) is 21.4. The summed E-state index contributed by atoms with van der Waals surface area (Å²) in [5.41, 5.74) is 1.21. The SMILES string of the molecule is CN(C)C(=O)C(OC(=O)c1ccc(Cl)c(S(=O)(=O)NCc2ccccc2)c1)c1ccccc1. The predicted octanol–water partition coefficient (Wildman–Crippen LogP) is 3.80. The Hall–Kier alpha value is -3.20. The molecule has 0 aliphatic heterocycles. The maximum Gasteiger partial charge on any atom is 0.339 e. The largest absolute Gasteiger partial charge is 0.444 e. The van der Waals surface area contributed by atoms with E-state index in [0.29, 0.717) is 5.56 Å². The molecule has 33 heavy (non-hydrogen) atoms. The standard InChI is InChI=1S/C24H23ClN2O5S/c1-27(2)23(28)22(18-11-7-4-8-12-18)32-24(29)19-13-14-20(25)21(15-19)33(30,31)26-16-17-9-5-3-6-10-17/h3-15,22,26H,16H2,1-2H3. The number of hydrogen-bond acceptors (Lipinski definition) is 5. The van der Waals surface area contributed by atoms with Gasteiger partial charge < -0.3 is 9.64 Å². The Balaban J connectivity index is 1.85. The summed E-state index contributed by atoms with van der Waals surface area (Å²) < 4.78 is 33.6. The molecule has 1 N–H and O–H groups in total. The van der Waals surface area contributed by atoms with Crippen LogP contribution >= 0.6 is 11.6 Å². The third-order valence-electron chi connectivity index (χ3n) is 4.76. The van der Waals surface area contributed by atoms with Gasteiger partial charge in [-0.3, -0.25) is 4.79 Å². The fourth-order valence-corrected chi connectivity index (χ4v) is 4.53. The lowest BCUT2D eigenvalue weighted by atomic mass is 10.1. The Kier molecular flexibility index (Phi) is 7.86. The van der Waals surface area contributed by atoms with Crippen LogP contribution in [0.4, 0.5) is 0 Å². The van der Waals surface area contributed by atoms with Crippen molar-refractivity contribution >= 4 is 33.5 Å². The highest BCUT2D eigenvalue weighted by molar-refractivity contribution is 7.89. The van der Waals surface area contributed by atoms with Crippen molar-refractivity contribution in [3.63, 3.8) is 0 Å². The van der Waals surface area contributed by atoms with Crippen LogP contribution < -0.4 is 4.72 Å². The molecule has 0 spiro atoms. The lowest BCUT2D eigenvalue weighted by Crippen LogP contribution is -2.31. The summed E-state index contributed by atoms with van der Waals surface area (Å²) in [7, 11) is -0.914. The highest BCUT2D eigenvalue weighted by Gasteiger charge is 2.28. The second-order valence-corrected chi connectivity index (χ2v) is 9.53. The quantitative estimate of drug-likeness (QED) is 0.489. The van der Waals surface area contributed by atoms with Crippen molar-refractivity contribution in [3.8, 4) is 0 Å². The van der Waals surface area contributed by atoms with Gasteiger partial charge in [-0.1, -0.05) is 72.3 Å². The average Bonchev–Trinajstić information content (AvgIpc) is 2.82. The second-order valence-electron chi connectivity index (χ2n) is 7.38. The van der Waals surface area contributed by atoms with Crippen LogP contribution in [0.3, 0.4) is 0 Å². The summed E-state index contributed by atoms with van der Waals surface area (Å²) in [4.78, 5) is 26.6. The molecule has 1 amide bonds. The van der Waals surface area contributed by atoms with E-state index in [1.807, 2.05) is 6.07 Å². The Morgan fingerprint density at radius 2 is 1.58 bits per heavy atom. The number of ether oxygens (including phenoxy) is 1. The number of sulfonamides is 1. The average molecular weight is 487 g/mol. The molecule has 172 valence electrons. The minimum Gasteiger partial charge on any atom is -0.444 e. The van der Waals surface area contributed by atoms with E-state index in [9.17, 15) is 18.0 Å². The van der Waals surface area contributed by atoms with E-state index < -0.39 is 28.0 Å². The van der Waals surface area contributed by atoms with E-state index in [-0.39, 0.29) is 22.0 Å². The normalized spacial score (nSPS) is 12.1. The Morgan fingerprint density at radius 1 is 0.970 bits per heavy atom. The van der Waals surface area contributed by atoms with Gasteiger partial charge in [0.15, 0.2) is 0 Å². The van der Waals surface area contributed by atoms with Gasteiger partial charge in [-0.05, 0) is 23.8 Å². The number of likely N-dealkylation sites (N-methyl/N-ethyl adjacent to an activating group) is 1. The zero-order valence-corrected chi connectivity index (χ0v) is 19.6. The predicted molar refractivity (Wildman–Crippen MR) is 125 cm³/mol. The molecule has 3 rings (SSSR count). The Morgan fingerprint density at radius 3 is 2.18 bits per heavy atom. The van der Waals surface area contributed by atoms with Gasteiger partial charge in [-0.25, -0.2) is 17.9 Å². The number of carbonyl (C=O) groups is 2. The Bertz CT molecular complexity index is 1230. The van der Waals surface area contributed by atoms with Crippen molar-refractivity contribution in [1.29, 1.82) is 0 Å². The van der Waals surface area contributed by atoms with Crippen LogP contribution in [0.5, 0.6) is 0 Å². The number of rotatable bonds is 8. The van der Waals surface area contributed by atoms with Crippen molar-refractivity contribution in [2.24, 2.45) is 0 Å². The first-order valence-corrected chi connectivity index (χ1v) is 11.9. The van der Waals surface area contributed by atoms with Gasteiger partial charge >= 0.3 is 5.97 Å². The summed E-state index contributed by atoms with van der Waals surface area (Å²) in [5.74, 6) is -1.28. The summed E-state index contributed by atoms with van der Waals surface area (Å²) in [5, 5.41) is -0.0453. The fourth-order valence-electron chi connectivity index (χ4n) is 2.99. The number of benzene rings is 3. The topological polar surface area (TPSA) is 92.8 Å². The van der Waals surface area contributed by atoms with Crippen molar-refractivity contribution in [3.05, 3.63) is 101 Å². The molecule has 0 saturated carbocycles. The minimum absolute atomic E-state index is 0.0453. The van der Waals surface area contributed by atoms with E-state index >= 15 is 0 Å². The molecule has 0 radical (unpaired) electrons. The van der Waals surface area contributed by atoms with Crippen LogP contribution in [0.25, 0.3) is 0 Å². The van der Waals surface area contributed by atoms with E-state index in [2.05, 4.69) is 4.72 Å². The van der Waals surface area contributed by atoms with Crippen LogP contribution in [0.1, 0.15) is 27.6 Å². The molecule has 3 aromatic carbocycles. The number of hydrogen-bond donors (Lipinski definition) is 1. The third-order valence-corrected chi connectivity index (χ3v) is 6.64. The molecule has 0 heterocycles. The number of esters is 1. The van der Waals surface area contributed by atoms with E-state index in [1.54, 1.807) is 68.7 Å². The molecular formula is C24H23ClN2O5S. The van der Waals surface area contributed by atoms with Gasteiger partial charge in [0.1, 0.15) is 4.90 Å². The molecule has 0 aromatic heterocycles. The van der Waals surface area contributed by atoms with Crippen molar-refractivity contribution in [1.82, 2.24) is 9.62 Å². The van der Waals surface area contributed by atoms with Gasteiger partial charge in [-0.2, -0.15) is 0 Å². The molecule has 9 heteroatoms. The smallest absolute Gasteiger partial charge is 0.339 e. The molecule has 0 aliphatic rings. The van der Waals surface area contributed by atoms with Crippen molar-refractivity contribution in [2.75, 3.05) is 14.1 Å². The monoisotopic (exact) mass is 486 g/mol.